The molecule has 0 saturated heterocycles. The molecule has 108 valence electrons. The number of carbonyl (C=O) groups excluding carboxylic acids is 2. The average Bonchev–Trinajstić information content (AvgIpc) is 2.37. The fraction of sp³-hybridized carbons (Fsp3) is 0.625. The molecular weight excluding hydrogens is 238 g/mol. The molecule has 0 atom stereocenters. The standard InChI is InChI=1S/C16H27NO2/c1-4-5-6-7-10-15(18)11-8-9-12-16(19)17-13-14(2)3/h8-9,11-12,14H,4-7,10,13H2,1-3H3,(H,17,19). The number of unbranched alkanes of at least 4 members (excludes halogenated alkanes) is 3. The third-order valence-corrected chi connectivity index (χ3v) is 2.60. The minimum Gasteiger partial charge on any atom is -0.352 e. The molecule has 0 bridgehead atoms. The Morgan fingerprint density at radius 3 is 2.37 bits per heavy atom. The Morgan fingerprint density at radius 2 is 1.74 bits per heavy atom. The van der Waals surface area contributed by atoms with E-state index in [4.69, 9.17) is 0 Å². The predicted molar refractivity (Wildman–Crippen MR) is 79.9 cm³/mol. The highest BCUT2D eigenvalue weighted by Gasteiger charge is 1.97. The number of hydrogen-bond donors (Lipinski definition) is 1. The van der Waals surface area contributed by atoms with Crippen LogP contribution in [-0.2, 0) is 9.59 Å². The number of allylic oxidation sites excluding steroid dienone is 3. The number of hydrogen-bond acceptors (Lipinski definition) is 2. The number of rotatable bonds is 10. The number of carbonyl (C=O) groups is 2. The molecule has 0 saturated carbocycles. The first-order valence-corrected chi connectivity index (χ1v) is 7.21. The van der Waals surface area contributed by atoms with Crippen molar-refractivity contribution in [2.45, 2.75) is 52.9 Å². The van der Waals surface area contributed by atoms with E-state index in [-0.39, 0.29) is 11.7 Å². The summed E-state index contributed by atoms with van der Waals surface area (Å²) >= 11 is 0. The smallest absolute Gasteiger partial charge is 0.243 e. The third kappa shape index (κ3) is 12.9. The first kappa shape index (κ1) is 17.6. The van der Waals surface area contributed by atoms with E-state index in [9.17, 15) is 9.59 Å². The van der Waals surface area contributed by atoms with Crippen LogP contribution in [0.3, 0.4) is 0 Å². The Bertz CT molecular complexity index is 317. The molecular formula is C16H27NO2. The van der Waals surface area contributed by atoms with Gasteiger partial charge in [0.25, 0.3) is 0 Å². The monoisotopic (exact) mass is 265 g/mol. The summed E-state index contributed by atoms with van der Waals surface area (Å²) in [6.45, 7) is 6.91. The van der Waals surface area contributed by atoms with Crippen LogP contribution in [0.1, 0.15) is 52.9 Å². The van der Waals surface area contributed by atoms with Crippen LogP contribution in [0.25, 0.3) is 0 Å². The van der Waals surface area contributed by atoms with Crippen molar-refractivity contribution in [3.8, 4) is 0 Å². The summed E-state index contributed by atoms with van der Waals surface area (Å²) < 4.78 is 0. The Hall–Kier alpha value is -1.38. The highest BCUT2D eigenvalue weighted by atomic mass is 16.1. The summed E-state index contributed by atoms with van der Waals surface area (Å²) in [5, 5.41) is 2.77. The number of nitrogens with one attached hydrogen (secondary N) is 1. The van der Waals surface area contributed by atoms with Crippen molar-refractivity contribution in [1.29, 1.82) is 0 Å². The lowest BCUT2D eigenvalue weighted by atomic mass is 10.1. The van der Waals surface area contributed by atoms with Gasteiger partial charge in [0.15, 0.2) is 5.78 Å². The van der Waals surface area contributed by atoms with Crippen LogP contribution in [-0.4, -0.2) is 18.2 Å². The van der Waals surface area contributed by atoms with E-state index in [2.05, 4.69) is 12.2 Å². The van der Waals surface area contributed by atoms with E-state index < -0.39 is 0 Å². The molecule has 0 aliphatic carbocycles. The van der Waals surface area contributed by atoms with Crippen LogP contribution in [0.5, 0.6) is 0 Å². The maximum atomic E-state index is 11.4. The third-order valence-electron chi connectivity index (χ3n) is 2.60. The van der Waals surface area contributed by atoms with Crippen molar-refractivity contribution in [3.05, 3.63) is 24.3 Å². The lowest BCUT2D eigenvalue weighted by Crippen LogP contribution is -2.25. The molecule has 1 amide bonds. The van der Waals surface area contributed by atoms with Gasteiger partial charge in [-0.3, -0.25) is 9.59 Å². The molecule has 0 unspecified atom stereocenters. The van der Waals surface area contributed by atoms with Crippen LogP contribution >= 0.6 is 0 Å². The molecule has 0 aromatic carbocycles. The zero-order valence-electron chi connectivity index (χ0n) is 12.4. The topological polar surface area (TPSA) is 46.2 Å². The Labute approximate surface area is 117 Å². The molecule has 0 aliphatic heterocycles. The minimum absolute atomic E-state index is 0.117. The molecule has 3 heteroatoms. The first-order chi connectivity index (χ1) is 9.06. The van der Waals surface area contributed by atoms with E-state index >= 15 is 0 Å². The molecule has 3 nitrogen and oxygen atoms in total. The summed E-state index contributed by atoms with van der Waals surface area (Å²) in [5.74, 6) is 0.453. The van der Waals surface area contributed by atoms with E-state index in [1.54, 1.807) is 12.2 Å². The maximum Gasteiger partial charge on any atom is 0.243 e. The normalized spacial score (nSPS) is 11.6. The van der Waals surface area contributed by atoms with E-state index in [0.717, 1.165) is 12.8 Å². The molecule has 19 heavy (non-hydrogen) atoms. The Balaban J connectivity index is 3.75. The second-order valence-electron chi connectivity index (χ2n) is 5.13. The maximum absolute atomic E-state index is 11.4. The largest absolute Gasteiger partial charge is 0.352 e. The molecule has 0 radical (unpaired) electrons. The molecule has 0 heterocycles. The van der Waals surface area contributed by atoms with Gasteiger partial charge in [0.1, 0.15) is 0 Å². The van der Waals surface area contributed by atoms with Crippen molar-refractivity contribution >= 4 is 11.7 Å². The van der Waals surface area contributed by atoms with Gasteiger partial charge in [-0.25, -0.2) is 0 Å². The van der Waals surface area contributed by atoms with Gasteiger partial charge < -0.3 is 5.32 Å². The van der Waals surface area contributed by atoms with Gasteiger partial charge in [0.05, 0.1) is 0 Å². The van der Waals surface area contributed by atoms with Gasteiger partial charge in [-0.15, -0.1) is 0 Å². The van der Waals surface area contributed by atoms with Crippen LogP contribution in [0.4, 0.5) is 0 Å². The van der Waals surface area contributed by atoms with Crippen molar-refractivity contribution in [2.75, 3.05) is 6.54 Å². The molecule has 0 aromatic rings. The van der Waals surface area contributed by atoms with Gasteiger partial charge in [0, 0.05) is 19.0 Å². The van der Waals surface area contributed by atoms with E-state index in [0.29, 0.717) is 18.9 Å². The summed E-state index contributed by atoms with van der Waals surface area (Å²) in [7, 11) is 0. The van der Waals surface area contributed by atoms with Crippen molar-refractivity contribution in [3.63, 3.8) is 0 Å². The highest BCUT2D eigenvalue weighted by molar-refractivity contribution is 5.90. The number of amides is 1. The molecule has 1 N–H and O–H groups in total. The van der Waals surface area contributed by atoms with Crippen LogP contribution < -0.4 is 5.32 Å². The van der Waals surface area contributed by atoms with E-state index in [1.165, 1.54) is 25.0 Å². The van der Waals surface area contributed by atoms with Gasteiger partial charge >= 0.3 is 0 Å². The fourth-order valence-corrected chi connectivity index (χ4v) is 1.48. The fourth-order valence-electron chi connectivity index (χ4n) is 1.48. The molecule has 0 fully saturated rings. The second kappa shape index (κ2) is 11.7. The van der Waals surface area contributed by atoms with Gasteiger partial charge in [-0.1, -0.05) is 52.2 Å². The molecule has 0 aromatic heterocycles. The van der Waals surface area contributed by atoms with Gasteiger partial charge in [-0.05, 0) is 18.4 Å². The van der Waals surface area contributed by atoms with Crippen LogP contribution in [0.2, 0.25) is 0 Å². The Morgan fingerprint density at radius 1 is 1.05 bits per heavy atom. The molecule has 0 rings (SSSR count). The average molecular weight is 265 g/mol. The summed E-state index contributed by atoms with van der Waals surface area (Å²) in [6, 6.07) is 0. The van der Waals surface area contributed by atoms with Gasteiger partial charge in [-0.2, -0.15) is 0 Å². The lowest BCUT2D eigenvalue weighted by molar-refractivity contribution is -0.117. The number of ketones is 1. The van der Waals surface area contributed by atoms with Crippen molar-refractivity contribution in [1.82, 2.24) is 5.32 Å². The summed E-state index contributed by atoms with van der Waals surface area (Å²) in [4.78, 5) is 22.8. The zero-order chi connectivity index (χ0) is 14.5. The van der Waals surface area contributed by atoms with Gasteiger partial charge in [0.2, 0.25) is 5.91 Å². The summed E-state index contributed by atoms with van der Waals surface area (Å²) in [6.07, 6.45) is 11.3. The molecule has 0 spiro atoms. The van der Waals surface area contributed by atoms with Crippen molar-refractivity contribution < 1.29 is 9.59 Å². The molecule has 0 aliphatic rings. The second-order valence-corrected chi connectivity index (χ2v) is 5.13. The highest BCUT2D eigenvalue weighted by Crippen LogP contribution is 2.03. The zero-order valence-corrected chi connectivity index (χ0v) is 12.4. The quantitative estimate of drug-likeness (QED) is 0.374. The Kier molecular flexibility index (Phi) is 10.8. The van der Waals surface area contributed by atoms with Crippen LogP contribution in [0, 0.1) is 5.92 Å². The predicted octanol–water partition coefficient (Wildman–Crippen LogP) is 3.41. The van der Waals surface area contributed by atoms with Crippen LogP contribution in [0.15, 0.2) is 24.3 Å². The summed E-state index contributed by atoms with van der Waals surface area (Å²) in [5.41, 5.74) is 0. The van der Waals surface area contributed by atoms with E-state index in [1.807, 2.05) is 13.8 Å². The minimum atomic E-state index is -0.117. The first-order valence-electron chi connectivity index (χ1n) is 7.21. The SMILES string of the molecule is CCCCCCC(=O)C=CC=CC(=O)NCC(C)C. The lowest BCUT2D eigenvalue weighted by Gasteiger charge is -2.03. The van der Waals surface area contributed by atoms with Crippen molar-refractivity contribution in [2.24, 2.45) is 5.92 Å².